The van der Waals surface area contributed by atoms with E-state index in [1.165, 1.54) is 18.2 Å². The predicted molar refractivity (Wildman–Crippen MR) is 76.2 cm³/mol. The molecular formula is C11H10BrFN2O5S. The fourth-order valence-electron chi connectivity index (χ4n) is 2.31. The molecule has 1 aliphatic rings. The maximum Gasteiger partial charge on any atom is 0.302 e. The summed E-state index contributed by atoms with van der Waals surface area (Å²) in [5.74, 6) is -1.97. The minimum absolute atomic E-state index is 0.0613. The zero-order chi connectivity index (χ0) is 15.8. The monoisotopic (exact) mass is 380 g/mol. The van der Waals surface area contributed by atoms with Crippen molar-refractivity contribution >= 4 is 43.4 Å². The Morgan fingerprint density at radius 1 is 1.48 bits per heavy atom. The molecule has 1 saturated heterocycles. The van der Waals surface area contributed by atoms with E-state index in [0.717, 1.165) is 4.90 Å². The molecule has 10 heteroatoms. The van der Waals surface area contributed by atoms with Gasteiger partial charge in [0.15, 0.2) is 0 Å². The number of rotatable bonds is 4. The van der Waals surface area contributed by atoms with E-state index in [9.17, 15) is 27.2 Å². The zero-order valence-electron chi connectivity index (χ0n) is 10.5. The molecule has 0 N–H and O–H groups in total. The van der Waals surface area contributed by atoms with E-state index in [1.54, 1.807) is 0 Å². The van der Waals surface area contributed by atoms with E-state index in [4.69, 9.17) is 0 Å². The average Bonchev–Trinajstić information content (AvgIpc) is 2.66. The summed E-state index contributed by atoms with van der Waals surface area (Å²) in [6.07, 6.45) is -0.165. The van der Waals surface area contributed by atoms with Gasteiger partial charge >= 0.3 is 10.2 Å². The van der Waals surface area contributed by atoms with Crippen molar-refractivity contribution in [1.82, 2.24) is 0 Å². The van der Waals surface area contributed by atoms with Crippen LogP contribution in [0.5, 0.6) is 0 Å². The zero-order valence-corrected chi connectivity index (χ0v) is 12.9. The van der Waals surface area contributed by atoms with Crippen LogP contribution >= 0.6 is 15.9 Å². The summed E-state index contributed by atoms with van der Waals surface area (Å²) < 4.78 is 34.4. The highest BCUT2D eigenvalue weighted by molar-refractivity contribution is 9.10. The summed E-state index contributed by atoms with van der Waals surface area (Å²) in [5, 5.41) is 11.0. The number of nitrogens with zero attached hydrogens (tertiary/aromatic N) is 2. The second-order valence-electron chi connectivity index (χ2n) is 4.64. The lowest BCUT2D eigenvalue weighted by Gasteiger charge is -2.18. The smallest absolute Gasteiger partial charge is 0.302 e. The van der Waals surface area contributed by atoms with Gasteiger partial charge < -0.3 is 4.90 Å². The lowest BCUT2D eigenvalue weighted by molar-refractivity contribution is -0.384. The van der Waals surface area contributed by atoms with Gasteiger partial charge in [0, 0.05) is 29.4 Å². The lowest BCUT2D eigenvalue weighted by atomic mass is 10.1. The van der Waals surface area contributed by atoms with Gasteiger partial charge in [-0.25, -0.2) is 0 Å². The topological polar surface area (TPSA) is 97.6 Å². The third kappa shape index (κ3) is 3.56. The molecule has 0 spiro atoms. The standard InChI is InChI=1S/C11H10BrFN2O5S/c12-8-2-1-3-9(15(17)18)11(8)14-5-7(4-10(14)16)6-21(13,19)20/h1-3,7H,4-6H2. The molecule has 1 unspecified atom stereocenters. The average molecular weight is 381 g/mol. The van der Waals surface area contributed by atoms with E-state index < -0.39 is 32.7 Å². The number of hydrogen-bond donors (Lipinski definition) is 0. The predicted octanol–water partition coefficient (Wildman–Crippen LogP) is 2.01. The van der Waals surface area contributed by atoms with E-state index in [2.05, 4.69) is 15.9 Å². The molecule has 1 aliphatic heterocycles. The maximum absolute atomic E-state index is 12.7. The number of halogens is 2. The fraction of sp³-hybridized carbons (Fsp3) is 0.364. The first-order valence-electron chi connectivity index (χ1n) is 5.84. The summed E-state index contributed by atoms with van der Waals surface area (Å²) in [7, 11) is -4.70. The normalized spacial score (nSPS) is 19.0. The van der Waals surface area contributed by atoms with E-state index >= 15 is 0 Å². The third-order valence-electron chi connectivity index (χ3n) is 3.07. The van der Waals surface area contributed by atoms with Crippen LogP contribution in [0.2, 0.25) is 0 Å². The van der Waals surface area contributed by atoms with Crippen molar-refractivity contribution in [2.75, 3.05) is 17.2 Å². The van der Waals surface area contributed by atoms with Gasteiger partial charge in [-0.1, -0.05) is 6.07 Å². The molecule has 114 valence electrons. The Morgan fingerprint density at radius 3 is 2.71 bits per heavy atom. The molecule has 7 nitrogen and oxygen atoms in total. The van der Waals surface area contributed by atoms with Crippen molar-refractivity contribution in [3.05, 3.63) is 32.8 Å². The highest BCUT2D eigenvalue weighted by Gasteiger charge is 2.37. The Kier molecular flexibility index (Phi) is 4.28. The van der Waals surface area contributed by atoms with Crippen LogP contribution in [0.1, 0.15) is 6.42 Å². The molecule has 0 saturated carbocycles. The minimum atomic E-state index is -4.70. The number of carbonyl (C=O) groups is 1. The largest absolute Gasteiger partial charge is 0.305 e. The summed E-state index contributed by atoms with van der Waals surface area (Å²) in [6.45, 7) is -0.0779. The molecule has 1 heterocycles. The van der Waals surface area contributed by atoms with Crippen LogP contribution in [0.4, 0.5) is 15.3 Å². The van der Waals surface area contributed by atoms with Crippen LogP contribution in [0.15, 0.2) is 22.7 Å². The molecule has 2 rings (SSSR count). The molecule has 1 atom stereocenters. The van der Waals surface area contributed by atoms with Crippen LogP contribution in [0.3, 0.4) is 0 Å². The van der Waals surface area contributed by atoms with E-state index in [1.807, 2.05) is 0 Å². The van der Waals surface area contributed by atoms with Gasteiger partial charge in [0.2, 0.25) is 5.91 Å². The van der Waals surface area contributed by atoms with Gasteiger partial charge in [-0.2, -0.15) is 8.42 Å². The van der Waals surface area contributed by atoms with E-state index in [-0.39, 0.29) is 24.3 Å². The van der Waals surface area contributed by atoms with Crippen LogP contribution in [0, 0.1) is 16.0 Å². The number of hydrogen-bond acceptors (Lipinski definition) is 5. The van der Waals surface area contributed by atoms with Crippen LogP contribution in [-0.4, -0.2) is 31.5 Å². The molecule has 0 bridgehead atoms. The molecular weight excluding hydrogens is 371 g/mol. The first-order valence-corrected chi connectivity index (χ1v) is 8.19. The molecule has 0 aliphatic carbocycles. The Hall–Kier alpha value is -1.55. The molecule has 1 fully saturated rings. The van der Waals surface area contributed by atoms with Gasteiger partial charge in [-0.15, -0.1) is 3.89 Å². The highest BCUT2D eigenvalue weighted by Crippen LogP contribution is 2.39. The quantitative estimate of drug-likeness (QED) is 0.452. The molecule has 0 radical (unpaired) electrons. The minimum Gasteiger partial charge on any atom is -0.305 e. The highest BCUT2D eigenvalue weighted by atomic mass is 79.9. The Labute approximate surface area is 128 Å². The van der Waals surface area contributed by atoms with Crippen LogP contribution in [-0.2, 0) is 15.0 Å². The third-order valence-corrected chi connectivity index (χ3v) is 4.58. The van der Waals surface area contributed by atoms with Crippen molar-refractivity contribution in [2.45, 2.75) is 6.42 Å². The number of anilines is 1. The van der Waals surface area contributed by atoms with Crippen molar-refractivity contribution < 1.29 is 22.0 Å². The van der Waals surface area contributed by atoms with Gasteiger partial charge in [0.05, 0.1) is 10.7 Å². The van der Waals surface area contributed by atoms with Gasteiger partial charge in [0.1, 0.15) is 5.69 Å². The van der Waals surface area contributed by atoms with Gasteiger partial charge in [-0.3, -0.25) is 14.9 Å². The number of para-hydroxylation sites is 1. The van der Waals surface area contributed by atoms with Crippen molar-refractivity contribution in [1.29, 1.82) is 0 Å². The van der Waals surface area contributed by atoms with E-state index in [0.29, 0.717) is 4.47 Å². The van der Waals surface area contributed by atoms with Crippen LogP contribution < -0.4 is 4.90 Å². The number of nitro benzene ring substituents is 1. The summed E-state index contributed by atoms with van der Waals surface area (Å²) in [5.41, 5.74) is -0.215. The first kappa shape index (κ1) is 15.8. The SMILES string of the molecule is O=C1CC(CS(=O)(=O)F)CN1c1c(Br)cccc1[N+](=O)[O-]. The number of carbonyl (C=O) groups excluding carboxylic acids is 1. The second-order valence-corrected chi connectivity index (χ2v) is 6.91. The number of benzene rings is 1. The Bertz CT molecular complexity index is 709. The fourth-order valence-corrected chi connectivity index (χ4v) is 3.67. The summed E-state index contributed by atoms with van der Waals surface area (Å²) >= 11 is 3.14. The molecule has 1 aromatic rings. The first-order chi connectivity index (χ1) is 9.69. The number of amides is 1. The van der Waals surface area contributed by atoms with Crippen molar-refractivity contribution in [3.8, 4) is 0 Å². The summed E-state index contributed by atoms with van der Waals surface area (Å²) in [6, 6.07) is 4.23. The Balaban J connectivity index is 2.36. The van der Waals surface area contributed by atoms with Crippen molar-refractivity contribution in [2.24, 2.45) is 5.92 Å². The van der Waals surface area contributed by atoms with Gasteiger partial charge in [-0.05, 0) is 22.0 Å². The lowest BCUT2D eigenvalue weighted by Crippen LogP contribution is -2.26. The summed E-state index contributed by atoms with van der Waals surface area (Å²) in [4.78, 5) is 23.5. The molecule has 1 aromatic carbocycles. The van der Waals surface area contributed by atoms with Crippen LogP contribution in [0.25, 0.3) is 0 Å². The molecule has 0 aromatic heterocycles. The molecule has 1 amide bonds. The second kappa shape index (κ2) is 5.68. The maximum atomic E-state index is 12.7. The Morgan fingerprint density at radius 2 is 2.14 bits per heavy atom. The number of nitro groups is 1. The molecule has 21 heavy (non-hydrogen) atoms. The van der Waals surface area contributed by atoms with Gasteiger partial charge in [0.25, 0.3) is 5.69 Å². The van der Waals surface area contributed by atoms with Crippen molar-refractivity contribution in [3.63, 3.8) is 0 Å².